The van der Waals surface area contributed by atoms with E-state index >= 15 is 0 Å². The molecule has 0 atom stereocenters. The van der Waals surface area contributed by atoms with Gasteiger partial charge in [-0.25, -0.2) is 49.3 Å². The van der Waals surface area contributed by atoms with E-state index in [-0.39, 0.29) is 5.75 Å². The molecule has 0 aliphatic rings. The fourth-order valence-corrected chi connectivity index (χ4v) is 4.65. The predicted molar refractivity (Wildman–Crippen MR) is 222 cm³/mol. The first-order valence-corrected chi connectivity index (χ1v) is 22.5. The lowest BCUT2D eigenvalue weighted by atomic mass is 10.1. The third-order valence-electron chi connectivity index (χ3n) is 7.45. The average molecular weight is 848 g/mol. The van der Waals surface area contributed by atoms with E-state index in [0.29, 0.717) is 52.7 Å². The molecule has 294 valence electrons. The summed E-state index contributed by atoms with van der Waals surface area (Å²) in [4.78, 5) is 46.8. The van der Waals surface area contributed by atoms with Crippen LogP contribution in [-0.4, -0.2) is 40.4 Å². The van der Waals surface area contributed by atoms with Gasteiger partial charge in [-0.1, -0.05) is 57.3 Å². The Labute approximate surface area is 347 Å². The summed E-state index contributed by atoms with van der Waals surface area (Å²) in [6, 6.07) is 31.9. The molecule has 14 heteroatoms. The van der Waals surface area contributed by atoms with E-state index in [1.54, 1.807) is 18.2 Å². The van der Waals surface area contributed by atoms with Gasteiger partial charge >= 0.3 is 35.3 Å². The van der Waals surface area contributed by atoms with Crippen molar-refractivity contribution in [2.24, 2.45) is 0 Å². The fourth-order valence-electron chi connectivity index (χ4n) is 4.65. The lowest BCUT2D eigenvalue weighted by Gasteiger charge is -2.12. The van der Waals surface area contributed by atoms with Gasteiger partial charge in [-0.2, -0.15) is 0 Å². The van der Waals surface area contributed by atoms with Gasteiger partial charge in [0.25, 0.3) is 0 Å². The zero-order valence-corrected chi connectivity index (χ0v) is 34.4. The van der Waals surface area contributed by atoms with Gasteiger partial charge in [-0.05, 0) is 114 Å². The number of aryl methyl sites for hydroxylation is 2. The standard InChI is InChI=1S/C25H22O5.C18H16O5.Al.3ClH/c1-3-19-16-22(14-15-23(19)28-17-18-8-6-5-7-9-18)30-25(27)20-10-12-21(13-11-20)29-24(26)4-2;1-3-12-11-15(9-10-16(12)19)23-18(21)13-5-7-14(8-6-13)22-17(20)4-2;;;;/h4-16H,2-3,17H2,1H3;4-11,19H,2-3H2,1H3;;3*1H/q;;+3;;;/p-3. The smallest absolute Gasteiger partial charge is 0.508 e. The number of phenols is 1. The van der Waals surface area contributed by atoms with Crippen LogP contribution in [0.4, 0.5) is 0 Å². The number of benzene rings is 5. The zero-order chi connectivity index (χ0) is 41.7. The van der Waals surface area contributed by atoms with Crippen LogP contribution in [0.3, 0.4) is 0 Å². The highest BCUT2D eigenvalue weighted by molar-refractivity contribution is 7.54. The summed E-state index contributed by atoms with van der Waals surface area (Å²) in [5.74, 6) is 0.168. The van der Waals surface area contributed by atoms with Gasteiger partial charge < -0.3 is 28.8 Å². The van der Waals surface area contributed by atoms with Crippen LogP contribution < -0.4 is 23.7 Å². The van der Waals surface area contributed by atoms with Crippen molar-refractivity contribution in [2.45, 2.75) is 33.3 Å². The largest absolute Gasteiger partial charge is 0.643 e. The number of phenolic OH excluding ortho intramolecular Hbond substituents is 1. The van der Waals surface area contributed by atoms with Crippen molar-refractivity contribution in [3.8, 4) is 34.5 Å². The Morgan fingerprint density at radius 2 is 1.02 bits per heavy atom. The lowest BCUT2D eigenvalue weighted by molar-refractivity contribution is -0.129. The predicted octanol–water partition coefficient (Wildman–Crippen LogP) is 10.1. The zero-order valence-electron chi connectivity index (χ0n) is 31.0. The Kier molecular flexibility index (Phi) is 19.4. The molecule has 0 fully saturated rings. The Bertz CT molecular complexity index is 2120. The molecule has 1 N–H and O–H groups in total. The number of esters is 4. The molecule has 0 aliphatic carbocycles. The topological polar surface area (TPSA) is 135 Å². The molecule has 0 aliphatic heterocycles. The van der Waals surface area contributed by atoms with Crippen LogP contribution in [0.25, 0.3) is 0 Å². The van der Waals surface area contributed by atoms with Crippen LogP contribution in [0, 0.1) is 0 Å². The third-order valence-corrected chi connectivity index (χ3v) is 7.45. The maximum Gasteiger partial charge on any atom is 0.643 e. The van der Waals surface area contributed by atoms with Crippen molar-refractivity contribution in [1.29, 1.82) is 0 Å². The van der Waals surface area contributed by atoms with Crippen molar-refractivity contribution in [3.05, 3.63) is 168 Å². The second kappa shape index (κ2) is 24.2. The highest BCUT2D eigenvalue weighted by Gasteiger charge is 2.13. The minimum Gasteiger partial charge on any atom is -0.508 e. The minimum absolute atomic E-state index is 0.167. The number of halogens is 3. The van der Waals surface area contributed by atoms with Crippen molar-refractivity contribution in [1.82, 2.24) is 0 Å². The lowest BCUT2D eigenvalue weighted by Crippen LogP contribution is -2.09. The maximum atomic E-state index is 12.4. The van der Waals surface area contributed by atoms with Crippen LogP contribution in [0.1, 0.15) is 51.3 Å². The number of carbonyl (C=O) groups excluding carboxylic acids is 4. The number of hydrogen-bond acceptors (Lipinski definition) is 10. The van der Waals surface area contributed by atoms with Crippen LogP contribution in [0.5, 0.6) is 34.5 Å². The number of carbonyl (C=O) groups is 4. The molecule has 57 heavy (non-hydrogen) atoms. The maximum absolute atomic E-state index is 12.4. The molecule has 0 heterocycles. The van der Waals surface area contributed by atoms with E-state index in [1.807, 2.05) is 50.2 Å². The van der Waals surface area contributed by atoms with Crippen molar-refractivity contribution < 1.29 is 48.0 Å². The summed E-state index contributed by atoms with van der Waals surface area (Å²) in [7, 11) is 14.8. The van der Waals surface area contributed by atoms with Crippen molar-refractivity contribution in [2.75, 3.05) is 0 Å². The molecule has 0 unspecified atom stereocenters. The van der Waals surface area contributed by atoms with Gasteiger partial charge in [0.15, 0.2) is 0 Å². The minimum atomic E-state index is -1.72. The quantitative estimate of drug-likeness (QED) is 0.0528. The summed E-state index contributed by atoms with van der Waals surface area (Å²) in [6.45, 7) is 11.0. The van der Waals surface area contributed by atoms with E-state index in [1.165, 1.54) is 60.7 Å². The van der Waals surface area contributed by atoms with Crippen LogP contribution in [0.2, 0.25) is 0 Å². The molecule has 0 saturated heterocycles. The number of hydrogen-bond donors (Lipinski definition) is 1. The SMILES string of the molecule is C=CC(=O)Oc1ccc(C(=O)Oc2ccc(O)c(CC)c2)cc1.C=CC(=O)Oc1ccc(C(=O)Oc2ccc(OCc3ccccc3)c(CC)c2)cc1.[Cl][Al]([Cl])[Cl]. The van der Waals surface area contributed by atoms with Gasteiger partial charge in [-0.15, -0.1) is 0 Å². The molecule has 0 bridgehead atoms. The van der Waals surface area contributed by atoms with Crippen LogP contribution >= 0.6 is 30.1 Å². The molecule has 0 radical (unpaired) electrons. The van der Waals surface area contributed by atoms with E-state index in [2.05, 4.69) is 13.2 Å². The highest BCUT2D eigenvalue weighted by atomic mass is 35.8. The molecular weight excluding hydrogens is 810 g/mol. The van der Waals surface area contributed by atoms with Gasteiger partial charge in [0.1, 0.15) is 41.1 Å². The summed E-state index contributed by atoms with van der Waals surface area (Å²) in [5, 5.41) is 9.62. The Hall–Kier alpha value is -5.54. The fraction of sp³-hybridized carbons (Fsp3) is 0.116. The molecular formula is C43H38AlCl3O10. The van der Waals surface area contributed by atoms with E-state index in [9.17, 15) is 24.3 Å². The van der Waals surface area contributed by atoms with Crippen LogP contribution in [-0.2, 0) is 29.0 Å². The van der Waals surface area contributed by atoms with Crippen LogP contribution in [0.15, 0.2) is 141 Å². The summed E-state index contributed by atoms with van der Waals surface area (Å²) in [5.41, 5.74) is 3.38. The first kappa shape index (κ1) is 45.8. The monoisotopic (exact) mass is 846 g/mol. The second-order valence-corrected chi connectivity index (χ2v) is 17.8. The number of aromatic hydroxyl groups is 1. The molecule has 5 aromatic carbocycles. The molecule has 5 rings (SSSR count). The van der Waals surface area contributed by atoms with Gasteiger partial charge in [-0.3, -0.25) is 0 Å². The molecule has 5 aromatic rings. The third kappa shape index (κ3) is 16.2. The highest BCUT2D eigenvalue weighted by Crippen LogP contribution is 2.27. The summed E-state index contributed by atoms with van der Waals surface area (Å²) >= 11 is -1.72. The summed E-state index contributed by atoms with van der Waals surface area (Å²) < 4.78 is 26.6. The number of rotatable bonds is 13. The number of ether oxygens (including phenoxy) is 5. The molecule has 0 spiro atoms. The van der Waals surface area contributed by atoms with Gasteiger partial charge in [0.2, 0.25) is 0 Å². The van der Waals surface area contributed by atoms with E-state index < -0.39 is 35.3 Å². The summed E-state index contributed by atoms with van der Waals surface area (Å²) in [6.07, 6.45) is 3.48. The van der Waals surface area contributed by atoms with E-state index in [0.717, 1.165) is 35.4 Å². The van der Waals surface area contributed by atoms with Gasteiger partial charge in [0, 0.05) is 12.2 Å². The Balaban J connectivity index is 0.000000287. The molecule has 0 aromatic heterocycles. The van der Waals surface area contributed by atoms with Gasteiger partial charge in [0.05, 0.1) is 11.1 Å². The van der Waals surface area contributed by atoms with Crippen molar-refractivity contribution >= 4 is 65.4 Å². The second-order valence-electron chi connectivity index (χ2n) is 11.4. The average Bonchev–Trinajstić information content (AvgIpc) is 3.21. The Morgan fingerprint density at radius 1 is 0.596 bits per heavy atom. The van der Waals surface area contributed by atoms with E-state index in [4.69, 9.17) is 53.8 Å². The normalized spacial score (nSPS) is 9.84. The molecule has 0 amide bonds. The first-order valence-electron chi connectivity index (χ1n) is 17.2. The first-order chi connectivity index (χ1) is 27.3. The molecule has 10 nitrogen and oxygen atoms in total. The van der Waals surface area contributed by atoms with Crippen molar-refractivity contribution in [3.63, 3.8) is 0 Å². The Morgan fingerprint density at radius 3 is 1.46 bits per heavy atom. The molecule has 0 saturated carbocycles.